The first-order chi connectivity index (χ1) is 21.6. The Balaban J connectivity index is 1.29. The molecule has 4 saturated carbocycles. The molecule has 4 aliphatic carbocycles. The van der Waals surface area contributed by atoms with Crippen LogP contribution in [0.25, 0.3) is 0 Å². The highest BCUT2D eigenvalue weighted by Gasteiger charge is 2.51. The number of hydrogen-bond donors (Lipinski definition) is 1. The normalized spacial score (nSPS) is 24.2. The molecule has 1 atom stereocenters. The number of anilines is 1. The summed E-state index contributed by atoms with van der Waals surface area (Å²) in [7, 11) is -3.81. The van der Waals surface area contributed by atoms with Crippen LogP contribution in [0, 0.1) is 17.8 Å². The van der Waals surface area contributed by atoms with E-state index in [-0.39, 0.29) is 17.9 Å². The smallest absolute Gasteiger partial charge is 0.244 e. The Labute approximate surface area is 268 Å². The number of sulfonamides is 1. The van der Waals surface area contributed by atoms with Crippen LogP contribution < -0.4 is 9.62 Å². The van der Waals surface area contributed by atoms with Crippen molar-refractivity contribution in [2.24, 2.45) is 17.8 Å². The molecule has 4 fully saturated rings. The molecule has 7 nitrogen and oxygen atoms in total. The van der Waals surface area contributed by atoms with Gasteiger partial charge in [-0.3, -0.25) is 13.9 Å². The maximum atomic E-state index is 14.3. The van der Waals surface area contributed by atoms with E-state index in [0.717, 1.165) is 35.1 Å². The summed E-state index contributed by atoms with van der Waals surface area (Å²) in [6, 6.07) is 26.2. The number of hydrogen-bond acceptors (Lipinski definition) is 4. The number of likely N-dealkylation sites (N-methyl/N-ethyl adjacent to an activating group) is 1. The van der Waals surface area contributed by atoms with E-state index >= 15 is 0 Å². The molecule has 3 aromatic rings. The zero-order valence-electron chi connectivity index (χ0n) is 26.4. The summed E-state index contributed by atoms with van der Waals surface area (Å²) in [5.41, 5.74) is 3.74. The molecule has 2 amide bonds. The number of nitrogens with zero attached hydrogens (tertiary/aromatic N) is 2. The second-order valence-electron chi connectivity index (χ2n) is 13.6. The molecule has 0 aromatic heterocycles. The lowest BCUT2D eigenvalue weighted by Gasteiger charge is -2.57. The summed E-state index contributed by atoms with van der Waals surface area (Å²) >= 11 is 0. The second kappa shape index (κ2) is 13.0. The number of rotatable bonds is 12. The van der Waals surface area contributed by atoms with E-state index in [9.17, 15) is 18.0 Å². The Morgan fingerprint density at radius 1 is 0.822 bits per heavy atom. The molecule has 8 heteroatoms. The van der Waals surface area contributed by atoms with Gasteiger partial charge in [-0.2, -0.15) is 0 Å². The van der Waals surface area contributed by atoms with Gasteiger partial charge in [-0.15, -0.1) is 0 Å². The Hall–Kier alpha value is -3.65. The summed E-state index contributed by atoms with van der Waals surface area (Å²) in [5.74, 6) is 1.74. The van der Waals surface area contributed by atoms with E-state index in [4.69, 9.17) is 0 Å². The van der Waals surface area contributed by atoms with E-state index in [1.165, 1.54) is 53.3 Å². The Bertz CT molecular complexity index is 1560. The molecule has 0 radical (unpaired) electrons. The zero-order chi connectivity index (χ0) is 31.6. The number of carbonyl (C=O) groups is 2. The van der Waals surface area contributed by atoms with Gasteiger partial charge in [-0.25, -0.2) is 8.42 Å². The molecule has 0 aliphatic heterocycles. The van der Waals surface area contributed by atoms with Crippen molar-refractivity contribution in [1.82, 2.24) is 10.2 Å². The fourth-order valence-corrected chi connectivity index (χ4v) is 9.53. The molecule has 0 spiro atoms. The average Bonchev–Trinajstić information content (AvgIpc) is 3.01. The quantitative estimate of drug-likeness (QED) is 0.279. The molecule has 4 aliphatic rings. The molecule has 0 heterocycles. The van der Waals surface area contributed by atoms with Gasteiger partial charge in [0.2, 0.25) is 21.8 Å². The maximum absolute atomic E-state index is 14.3. The molecule has 0 saturated heterocycles. The molecule has 1 N–H and O–H groups in total. The minimum Gasteiger partial charge on any atom is -0.355 e. The fourth-order valence-electron chi connectivity index (χ4n) is 8.69. The number of amides is 2. The summed E-state index contributed by atoms with van der Waals surface area (Å²) < 4.78 is 27.6. The van der Waals surface area contributed by atoms with Gasteiger partial charge < -0.3 is 10.2 Å². The van der Waals surface area contributed by atoms with Crippen LogP contribution in [0.5, 0.6) is 0 Å². The van der Waals surface area contributed by atoms with Crippen molar-refractivity contribution in [3.63, 3.8) is 0 Å². The number of carbonyl (C=O) groups excluding carboxylic acids is 2. The lowest BCUT2D eigenvalue weighted by Crippen LogP contribution is -2.53. The third kappa shape index (κ3) is 6.96. The van der Waals surface area contributed by atoms with Crippen molar-refractivity contribution < 1.29 is 18.0 Å². The van der Waals surface area contributed by atoms with Crippen molar-refractivity contribution in [3.05, 3.63) is 102 Å². The van der Waals surface area contributed by atoms with Crippen LogP contribution in [-0.4, -0.2) is 50.5 Å². The van der Waals surface area contributed by atoms with Crippen LogP contribution in [-0.2, 0) is 38.0 Å². The minimum absolute atomic E-state index is 0.177. The predicted molar refractivity (Wildman–Crippen MR) is 178 cm³/mol. The summed E-state index contributed by atoms with van der Waals surface area (Å²) in [6.45, 7) is 2.05. The predicted octanol–water partition coefficient (Wildman–Crippen LogP) is 5.70. The molecule has 0 unspecified atom stereocenters. The summed E-state index contributed by atoms with van der Waals surface area (Å²) in [4.78, 5) is 29.3. The molecule has 3 aromatic carbocycles. The van der Waals surface area contributed by atoms with E-state index in [0.29, 0.717) is 18.7 Å². The van der Waals surface area contributed by atoms with Gasteiger partial charge >= 0.3 is 0 Å². The minimum atomic E-state index is -3.81. The van der Waals surface area contributed by atoms with Gasteiger partial charge in [0.25, 0.3) is 0 Å². The molecule has 238 valence electrons. The van der Waals surface area contributed by atoms with Crippen LogP contribution in [0.15, 0.2) is 84.9 Å². The van der Waals surface area contributed by atoms with Gasteiger partial charge in [-0.1, -0.05) is 72.8 Å². The highest BCUT2D eigenvalue weighted by Crippen LogP contribution is 2.60. The van der Waals surface area contributed by atoms with Gasteiger partial charge in [0.1, 0.15) is 12.6 Å². The Morgan fingerprint density at radius 3 is 1.87 bits per heavy atom. The largest absolute Gasteiger partial charge is 0.355 e. The third-order valence-corrected chi connectivity index (χ3v) is 11.4. The third-order valence-electron chi connectivity index (χ3n) is 10.3. The monoisotopic (exact) mass is 627 g/mol. The lowest BCUT2D eigenvalue weighted by atomic mass is 9.48. The maximum Gasteiger partial charge on any atom is 0.244 e. The van der Waals surface area contributed by atoms with Gasteiger partial charge in [-0.05, 0) is 97.4 Å². The first-order valence-corrected chi connectivity index (χ1v) is 18.2. The van der Waals surface area contributed by atoms with E-state index < -0.39 is 28.5 Å². The van der Waals surface area contributed by atoms with E-state index in [1.807, 2.05) is 79.7 Å². The second-order valence-corrected chi connectivity index (χ2v) is 15.5. The standard InChI is InChI=1S/C37H45N3O4S/c1-3-38-36(42)34(21-27-10-6-4-7-11-27)39(25-28-12-8-5-9-13-28)35(41)26-40(45(2,43)44)33-16-14-32(15-17-33)37-22-29-18-30(23-37)20-31(19-29)24-37/h4-17,29-31,34H,3,18-26H2,1-2H3,(H,38,42)/t29?,30?,31?,34-,37?/m0/s1. The summed E-state index contributed by atoms with van der Waals surface area (Å²) in [5, 5.41) is 2.90. The SMILES string of the molecule is CCNC(=O)[C@H](Cc1ccccc1)N(Cc1ccccc1)C(=O)CN(c1ccc(C23CC4CC(CC(C4)C2)C3)cc1)S(C)(=O)=O. The topological polar surface area (TPSA) is 86.8 Å². The first kappa shape index (κ1) is 31.3. The molecular formula is C37H45N3O4S. The van der Waals surface area contributed by atoms with Crippen molar-refractivity contribution in [3.8, 4) is 0 Å². The van der Waals surface area contributed by atoms with Gasteiger partial charge in [0.15, 0.2) is 0 Å². The zero-order valence-corrected chi connectivity index (χ0v) is 27.2. The lowest BCUT2D eigenvalue weighted by molar-refractivity contribution is -0.140. The van der Waals surface area contributed by atoms with Crippen molar-refractivity contribution in [1.29, 1.82) is 0 Å². The van der Waals surface area contributed by atoms with Gasteiger partial charge in [0, 0.05) is 19.5 Å². The Morgan fingerprint density at radius 2 is 1.36 bits per heavy atom. The van der Waals surface area contributed by atoms with Crippen LogP contribution in [0.2, 0.25) is 0 Å². The van der Waals surface area contributed by atoms with E-state index in [1.54, 1.807) is 0 Å². The molecule has 45 heavy (non-hydrogen) atoms. The van der Waals surface area contributed by atoms with Crippen LogP contribution in [0.4, 0.5) is 5.69 Å². The fraction of sp³-hybridized carbons (Fsp3) is 0.459. The van der Waals surface area contributed by atoms with Crippen molar-refractivity contribution in [2.45, 2.75) is 69.9 Å². The Kier molecular flexibility index (Phi) is 9.05. The summed E-state index contributed by atoms with van der Waals surface area (Å²) in [6.07, 6.45) is 9.22. The average molecular weight is 628 g/mol. The van der Waals surface area contributed by atoms with Gasteiger partial charge in [0.05, 0.1) is 11.9 Å². The molecule has 7 rings (SSSR count). The molecule has 4 bridgehead atoms. The number of nitrogens with one attached hydrogen (secondary N) is 1. The number of benzene rings is 3. The highest BCUT2D eigenvalue weighted by atomic mass is 32.2. The first-order valence-electron chi connectivity index (χ1n) is 16.4. The van der Waals surface area contributed by atoms with Crippen molar-refractivity contribution >= 4 is 27.5 Å². The molecular weight excluding hydrogens is 582 g/mol. The van der Waals surface area contributed by atoms with Crippen LogP contribution >= 0.6 is 0 Å². The van der Waals surface area contributed by atoms with Crippen molar-refractivity contribution in [2.75, 3.05) is 23.7 Å². The van der Waals surface area contributed by atoms with E-state index in [2.05, 4.69) is 17.4 Å². The van der Waals surface area contributed by atoms with Crippen LogP contribution in [0.3, 0.4) is 0 Å². The van der Waals surface area contributed by atoms with Crippen LogP contribution in [0.1, 0.15) is 62.1 Å². The highest BCUT2D eigenvalue weighted by molar-refractivity contribution is 7.92.